The molecule has 1 saturated heterocycles. The van der Waals surface area contributed by atoms with Gasteiger partial charge >= 0.3 is 0 Å². The van der Waals surface area contributed by atoms with Gasteiger partial charge in [-0.1, -0.05) is 26.0 Å². The van der Waals surface area contributed by atoms with Crippen LogP contribution in [-0.2, 0) is 4.74 Å². The van der Waals surface area contributed by atoms with Crippen LogP contribution in [0.3, 0.4) is 0 Å². The van der Waals surface area contributed by atoms with Crippen LogP contribution in [0.1, 0.15) is 37.2 Å². The molecule has 0 spiro atoms. The first-order valence-electron chi connectivity index (χ1n) is 8.74. The molecule has 4 atom stereocenters. The average molecular weight is 358 g/mol. The van der Waals surface area contributed by atoms with Gasteiger partial charge in [0.15, 0.2) is 23.0 Å². The Hall–Kier alpha value is -2.40. The van der Waals surface area contributed by atoms with Gasteiger partial charge in [-0.05, 0) is 47.2 Å². The Morgan fingerprint density at radius 1 is 0.731 bits per heavy atom. The summed E-state index contributed by atoms with van der Waals surface area (Å²) in [5.74, 6) is 2.62. The van der Waals surface area contributed by atoms with Crippen LogP contribution in [0, 0.1) is 11.8 Å². The van der Waals surface area contributed by atoms with Gasteiger partial charge in [0, 0.05) is 0 Å². The van der Waals surface area contributed by atoms with Crippen LogP contribution in [0.15, 0.2) is 36.4 Å². The summed E-state index contributed by atoms with van der Waals surface area (Å²) in [4.78, 5) is 0. The highest BCUT2D eigenvalue weighted by Gasteiger charge is 2.41. The van der Waals surface area contributed by atoms with Crippen LogP contribution < -0.4 is 14.2 Å². The quantitative estimate of drug-likeness (QED) is 0.853. The van der Waals surface area contributed by atoms with Crippen molar-refractivity contribution in [2.24, 2.45) is 11.8 Å². The summed E-state index contributed by atoms with van der Waals surface area (Å²) in [5, 5.41) is 9.84. The molecule has 1 aliphatic heterocycles. The fourth-order valence-electron chi connectivity index (χ4n) is 3.62. The number of phenols is 1. The Balaban J connectivity index is 1.90. The smallest absolute Gasteiger partial charge is 0.161 e. The van der Waals surface area contributed by atoms with Crippen LogP contribution >= 0.6 is 0 Å². The van der Waals surface area contributed by atoms with Crippen molar-refractivity contribution in [3.8, 4) is 23.0 Å². The van der Waals surface area contributed by atoms with Gasteiger partial charge in [0.25, 0.3) is 0 Å². The van der Waals surface area contributed by atoms with Gasteiger partial charge in [0.05, 0.1) is 33.5 Å². The van der Waals surface area contributed by atoms with E-state index in [1.54, 1.807) is 27.4 Å². The van der Waals surface area contributed by atoms with E-state index in [1.807, 2.05) is 30.3 Å². The van der Waals surface area contributed by atoms with Gasteiger partial charge in [0.1, 0.15) is 0 Å². The predicted octanol–water partition coefficient (Wildman–Crippen LogP) is 4.50. The number of hydrogen-bond acceptors (Lipinski definition) is 5. The SMILES string of the molecule is COc1cc([C@@H]2O[C@H](c3ccc(OC)c(OC)c3)[C@H](C)[C@H]2C)ccc1O. The number of benzene rings is 2. The maximum Gasteiger partial charge on any atom is 0.161 e. The summed E-state index contributed by atoms with van der Waals surface area (Å²) in [7, 11) is 4.81. The maximum atomic E-state index is 9.84. The molecule has 1 N–H and O–H groups in total. The fraction of sp³-hybridized carbons (Fsp3) is 0.429. The second-order valence-electron chi connectivity index (χ2n) is 6.74. The Morgan fingerprint density at radius 3 is 1.77 bits per heavy atom. The standard InChI is InChI=1S/C21H26O5/c1-12-13(2)21(15-7-9-17(23-3)19(11-15)25-5)26-20(12)14-6-8-16(22)18(10-14)24-4/h6-13,20-22H,1-5H3/t12-,13-,20-,21+/m1/s1. The Morgan fingerprint density at radius 2 is 1.23 bits per heavy atom. The Kier molecular flexibility index (Phi) is 5.28. The largest absolute Gasteiger partial charge is 0.504 e. The second kappa shape index (κ2) is 7.46. The molecule has 1 heterocycles. The predicted molar refractivity (Wildman–Crippen MR) is 99.1 cm³/mol. The Bertz CT molecular complexity index is 773. The molecule has 5 nitrogen and oxygen atoms in total. The van der Waals surface area contributed by atoms with Crippen LogP contribution in [0.2, 0.25) is 0 Å². The summed E-state index contributed by atoms with van der Waals surface area (Å²) in [6.07, 6.45) is -0.118. The second-order valence-corrected chi connectivity index (χ2v) is 6.74. The molecule has 2 aromatic rings. The Labute approximate surface area is 154 Å². The van der Waals surface area contributed by atoms with Gasteiger partial charge in [-0.2, -0.15) is 0 Å². The molecule has 3 rings (SSSR count). The van der Waals surface area contributed by atoms with Crippen molar-refractivity contribution in [3.05, 3.63) is 47.5 Å². The monoisotopic (exact) mass is 358 g/mol. The van der Waals surface area contributed by atoms with Crippen molar-refractivity contribution in [2.75, 3.05) is 21.3 Å². The van der Waals surface area contributed by atoms with Gasteiger partial charge < -0.3 is 24.1 Å². The van der Waals surface area contributed by atoms with E-state index in [0.29, 0.717) is 29.1 Å². The summed E-state index contributed by atoms with van der Waals surface area (Å²) in [6, 6.07) is 11.3. The van der Waals surface area contributed by atoms with E-state index in [4.69, 9.17) is 18.9 Å². The van der Waals surface area contributed by atoms with Gasteiger partial charge in [0.2, 0.25) is 0 Å². The molecule has 0 saturated carbocycles. The topological polar surface area (TPSA) is 57.2 Å². The molecule has 0 unspecified atom stereocenters. The minimum Gasteiger partial charge on any atom is -0.504 e. The van der Waals surface area contributed by atoms with E-state index in [9.17, 15) is 5.11 Å². The van der Waals surface area contributed by atoms with Gasteiger partial charge in [-0.25, -0.2) is 0 Å². The molecule has 2 aromatic carbocycles. The summed E-state index contributed by atoms with van der Waals surface area (Å²) in [5.41, 5.74) is 2.07. The number of aromatic hydroxyl groups is 1. The van der Waals surface area contributed by atoms with Crippen molar-refractivity contribution < 1.29 is 24.1 Å². The van der Waals surface area contributed by atoms with E-state index in [2.05, 4.69) is 13.8 Å². The van der Waals surface area contributed by atoms with E-state index in [-0.39, 0.29) is 18.0 Å². The zero-order chi connectivity index (χ0) is 18.8. The molecule has 1 aliphatic rings. The summed E-state index contributed by atoms with van der Waals surface area (Å²) < 4.78 is 22.4. The summed E-state index contributed by atoms with van der Waals surface area (Å²) in [6.45, 7) is 4.39. The van der Waals surface area contributed by atoms with E-state index >= 15 is 0 Å². The highest BCUT2D eigenvalue weighted by Crippen LogP contribution is 2.50. The third-order valence-electron chi connectivity index (χ3n) is 5.35. The van der Waals surface area contributed by atoms with E-state index < -0.39 is 0 Å². The molecule has 5 heteroatoms. The third-order valence-corrected chi connectivity index (χ3v) is 5.35. The van der Waals surface area contributed by atoms with E-state index in [1.165, 1.54) is 0 Å². The third kappa shape index (κ3) is 3.19. The first-order chi connectivity index (χ1) is 12.5. The lowest BCUT2D eigenvalue weighted by Crippen LogP contribution is -2.10. The lowest BCUT2D eigenvalue weighted by molar-refractivity contribution is 0.0288. The number of phenolic OH excluding ortho intramolecular Hbond substituents is 1. The zero-order valence-electron chi connectivity index (χ0n) is 15.9. The van der Waals surface area contributed by atoms with Crippen molar-refractivity contribution in [3.63, 3.8) is 0 Å². The average Bonchev–Trinajstić information content (AvgIpc) is 2.96. The molecular weight excluding hydrogens is 332 g/mol. The maximum absolute atomic E-state index is 9.84. The number of rotatable bonds is 5. The molecule has 26 heavy (non-hydrogen) atoms. The first kappa shape index (κ1) is 18.4. The van der Waals surface area contributed by atoms with Crippen LogP contribution in [0.5, 0.6) is 23.0 Å². The lowest BCUT2D eigenvalue weighted by Gasteiger charge is -2.18. The minimum absolute atomic E-state index is 0.0467. The van der Waals surface area contributed by atoms with Gasteiger partial charge in [-0.15, -0.1) is 0 Å². The summed E-state index contributed by atoms with van der Waals surface area (Å²) >= 11 is 0. The molecule has 0 aromatic heterocycles. The highest BCUT2D eigenvalue weighted by atomic mass is 16.5. The number of methoxy groups -OCH3 is 3. The molecule has 0 aliphatic carbocycles. The first-order valence-corrected chi connectivity index (χ1v) is 8.74. The van der Waals surface area contributed by atoms with Crippen LogP contribution in [0.4, 0.5) is 0 Å². The van der Waals surface area contributed by atoms with Crippen molar-refractivity contribution in [1.82, 2.24) is 0 Å². The zero-order valence-corrected chi connectivity index (χ0v) is 15.9. The lowest BCUT2D eigenvalue weighted by atomic mass is 9.85. The number of hydrogen-bond donors (Lipinski definition) is 1. The minimum atomic E-state index is -0.0717. The van der Waals surface area contributed by atoms with E-state index in [0.717, 1.165) is 11.1 Å². The van der Waals surface area contributed by atoms with Gasteiger partial charge in [-0.3, -0.25) is 0 Å². The number of ether oxygens (including phenoxy) is 4. The fourth-order valence-corrected chi connectivity index (χ4v) is 3.62. The van der Waals surface area contributed by atoms with Crippen LogP contribution in [-0.4, -0.2) is 26.4 Å². The molecule has 1 fully saturated rings. The molecule has 0 radical (unpaired) electrons. The van der Waals surface area contributed by atoms with Crippen molar-refractivity contribution in [1.29, 1.82) is 0 Å². The molecular formula is C21H26O5. The van der Waals surface area contributed by atoms with Crippen LogP contribution in [0.25, 0.3) is 0 Å². The molecule has 0 amide bonds. The van der Waals surface area contributed by atoms with Crippen molar-refractivity contribution >= 4 is 0 Å². The molecule has 140 valence electrons. The van der Waals surface area contributed by atoms with Crippen molar-refractivity contribution in [2.45, 2.75) is 26.1 Å². The highest BCUT2D eigenvalue weighted by molar-refractivity contribution is 5.45. The molecule has 0 bridgehead atoms. The normalized spacial score (nSPS) is 25.1.